The molecule has 2 rings (SSSR count). The topological polar surface area (TPSA) is 77.4 Å². The van der Waals surface area contributed by atoms with Gasteiger partial charge in [0.15, 0.2) is 0 Å². The van der Waals surface area contributed by atoms with Crippen LogP contribution in [0.5, 0.6) is 0 Å². The van der Waals surface area contributed by atoms with Gasteiger partial charge in [-0.1, -0.05) is 18.2 Å². The smallest absolute Gasteiger partial charge is 0.545 e. The van der Waals surface area contributed by atoms with Crippen LogP contribution in [0.3, 0.4) is 0 Å². The zero-order chi connectivity index (χ0) is 11.7. The molecule has 5 heteroatoms. The van der Waals surface area contributed by atoms with Gasteiger partial charge in [-0.2, -0.15) is 0 Å². The van der Waals surface area contributed by atoms with E-state index in [-0.39, 0.29) is 40.7 Å². The van der Waals surface area contributed by atoms with E-state index in [0.717, 1.165) is 0 Å². The molecule has 17 heavy (non-hydrogen) atoms. The fraction of sp³-hybridized carbons (Fsp3) is 0. The maximum atomic E-state index is 10.7. The van der Waals surface area contributed by atoms with Crippen molar-refractivity contribution in [2.24, 2.45) is 0 Å². The summed E-state index contributed by atoms with van der Waals surface area (Å²) >= 11 is 0. The summed E-state index contributed by atoms with van der Waals surface area (Å²) in [5, 5.41) is 20.8. The van der Waals surface area contributed by atoms with E-state index in [1.54, 1.807) is 12.1 Å². The van der Waals surface area contributed by atoms with E-state index >= 15 is 0 Å². The summed E-state index contributed by atoms with van der Waals surface area (Å²) in [4.78, 5) is 21.3. The minimum Gasteiger partial charge on any atom is -0.545 e. The summed E-state index contributed by atoms with van der Waals surface area (Å²) in [5.41, 5.74) is 0.254. The second-order valence-electron chi connectivity index (χ2n) is 3.37. The molecule has 0 saturated heterocycles. The molecule has 0 fully saturated rings. The Hall–Kier alpha value is -1.36. The van der Waals surface area contributed by atoms with Crippen LogP contribution in [0, 0.1) is 0 Å². The van der Waals surface area contributed by atoms with E-state index < -0.39 is 11.9 Å². The summed E-state index contributed by atoms with van der Waals surface area (Å²) in [6, 6.07) is 8.91. The third kappa shape index (κ3) is 2.85. The Morgan fingerprint density at radius 3 is 1.88 bits per heavy atom. The van der Waals surface area contributed by atoms with Gasteiger partial charge in [-0.05, 0) is 34.5 Å². The predicted octanol–water partition coefficient (Wildman–Crippen LogP) is -2.09. The first kappa shape index (κ1) is 13.7. The molecule has 0 aliphatic heterocycles. The van der Waals surface area contributed by atoms with Gasteiger partial charge in [-0.15, -0.1) is 0 Å². The van der Waals surface area contributed by atoms with E-state index in [1.165, 1.54) is 24.3 Å². The van der Waals surface area contributed by atoms with Gasteiger partial charge >= 0.3 is 35.5 Å². The van der Waals surface area contributed by atoms with E-state index in [9.17, 15) is 14.7 Å². The Labute approximate surface area is 119 Å². The number of aromatic carboxylic acids is 2. The standard InChI is InChI=1S/C12H8O4.Na/c13-11(14)9-3-1-7-5-10(12(15)16)4-2-8(7)6-9;/h1-6H,(H,13,14)(H,15,16);/q;+1/p-1. The summed E-state index contributed by atoms with van der Waals surface area (Å²) < 4.78 is 0. The van der Waals surface area contributed by atoms with Crippen LogP contribution in [0.2, 0.25) is 0 Å². The van der Waals surface area contributed by atoms with Gasteiger partial charge < -0.3 is 15.0 Å². The molecule has 0 aromatic heterocycles. The van der Waals surface area contributed by atoms with Crippen LogP contribution >= 0.6 is 0 Å². The summed E-state index contributed by atoms with van der Waals surface area (Å²) in [6.45, 7) is 0. The SMILES string of the molecule is O=C([O-])c1ccc2cc(C(=O)O)ccc2c1.[Na+]. The number of fused-ring (bicyclic) bond motifs is 1. The largest absolute Gasteiger partial charge is 1.00 e. The first-order valence-electron chi connectivity index (χ1n) is 4.56. The molecule has 80 valence electrons. The van der Waals surface area contributed by atoms with Crippen molar-refractivity contribution in [3.8, 4) is 0 Å². The molecule has 0 spiro atoms. The molecule has 0 amide bonds. The Morgan fingerprint density at radius 1 is 0.941 bits per heavy atom. The third-order valence-electron chi connectivity index (χ3n) is 2.32. The summed E-state index contributed by atoms with van der Waals surface area (Å²) in [5.74, 6) is -2.25. The monoisotopic (exact) mass is 238 g/mol. The maximum Gasteiger partial charge on any atom is 1.00 e. The third-order valence-corrected chi connectivity index (χ3v) is 2.32. The maximum absolute atomic E-state index is 10.7. The van der Waals surface area contributed by atoms with Crippen LogP contribution in [-0.4, -0.2) is 17.0 Å². The molecule has 0 saturated carbocycles. The van der Waals surface area contributed by atoms with Crippen LogP contribution in [0.25, 0.3) is 10.8 Å². The van der Waals surface area contributed by atoms with E-state index in [4.69, 9.17) is 5.11 Å². The Bertz CT molecular complexity index is 539. The second kappa shape index (κ2) is 5.31. The van der Waals surface area contributed by atoms with Crippen molar-refractivity contribution in [1.29, 1.82) is 0 Å². The molecule has 1 N–H and O–H groups in total. The Balaban J connectivity index is 0.00000144. The van der Waals surface area contributed by atoms with Gasteiger partial charge in [0.25, 0.3) is 0 Å². The Morgan fingerprint density at radius 2 is 1.41 bits per heavy atom. The van der Waals surface area contributed by atoms with Gasteiger partial charge in [0.1, 0.15) is 0 Å². The minimum atomic E-state index is -1.25. The van der Waals surface area contributed by atoms with Crippen molar-refractivity contribution in [2.45, 2.75) is 0 Å². The van der Waals surface area contributed by atoms with E-state index in [1.807, 2.05) is 0 Å². The molecule has 0 unspecified atom stereocenters. The first-order valence-corrected chi connectivity index (χ1v) is 4.56. The van der Waals surface area contributed by atoms with Crippen molar-refractivity contribution in [2.75, 3.05) is 0 Å². The second-order valence-corrected chi connectivity index (χ2v) is 3.37. The van der Waals surface area contributed by atoms with Crippen LogP contribution in [0.15, 0.2) is 36.4 Å². The molecule has 0 radical (unpaired) electrons. The quantitative estimate of drug-likeness (QED) is 0.608. The fourth-order valence-corrected chi connectivity index (χ4v) is 1.51. The summed E-state index contributed by atoms with van der Waals surface area (Å²) in [6.07, 6.45) is 0. The average molecular weight is 238 g/mol. The average Bonchev–Trinajstić information content (AvgIpc) is 2.27. The predicted molar refractivity (Wildman–Crippen MR) is 55.2 cm³/mol. The number of hydrogen-bond donors (Lipinski definition) is 1. The number of carbonyl (C=O) groups is 2. The van der Waals surface area contributed by atoms with Crippen LogP contribution < -0.4 is 34.7 Å². The number of rotatable bonds is 2. The first-order chi connectivity index (χ1) is 7.58. The van der Waals surface area contributed by atoms with Gasteiger partial charge in [0, 0.05) is 0 Å². The normalized spacial score (nSPS) is 9.65. The van der Waals surface area contributed by atoms with Gasteiger partial charge in [0.2, 0.25) is 0 Å². The molecule has 0 atom stereocenters. The number of carboxylic acid groups (broad SMARTS) is 2. The fourth-order valence-electron chi connectivity index (χ4n) is 1.51. The van der Waals surface area contributed by atoms with E-state index in [2.05, 4.69) is 0 Å². The number of benzene rings is 2. The van der Waals surface area contributed by atoms with Gasteiger partial charge in [-0.3, -0.25) is 0 Å². The van der Waals surface area contributed by atoms with Crippen molar-refractivity contribution < 1.29 is 49.4 Å². The van der Waals surface area contributed by atoms with Crippen molar-refractivity contribution in [3.63, 3.8) is 0 Å². The number of carboxylic acids is 2. The van der Waals surface area contributed by atoms with Gasteiger partial charge in [0.05, 0.1) is 11.5 Å². The molecule has 0 aliphatic carbocycles. The zero-order valence-electron chi connectivity index (χ0n) is 9.14. The van der Waals surface area contributed by atoms with Gasteiger partial charge in [-0.25, -0.2) is 4.79 Å². The molecule has 2 aromatic carbocycles. The molecular formula is C12H7NaO4. The molecule has 2 aromatic rings. The molecular weight excluding hydrogens is 231 g/mol. The van der Waals surface area contributed by atoms with E-state index in [0.29, 0.717) is 10.8 Å². The van der Waals surface area contributed by atoms with Crippen molar-refractivity contribution in [1.82, 2.24) is 0 Å². The minimum absolute atomic E-state index is 0. The van der Waals surface area contributed by atoms with Crippen LogP contribution in [0.1, 0.15) is 20.7 Å². The van der Waals surface area contributed by atoms with Crippen molar-refractivity contribution in [3.05, 3.63) is 47.5 Å². The molecule has 0 aliphatic rings. The Kier molecular flexibility index (Phi) is 4.28. The van der Waals surface area contributed by atoms with Crippen LogP contribution in [0.4, 0.5) is 0 Å². The zero-order valence-corrected chi connectivity index (χ0v) is 11.1. The molecule has 0 heterocycles. The van der Waals surface area contributed by atoms with Crippen molar-refractivity contribution >= 4 is 22.7 Å². The molecule has 4 nitrogen and oxygen atoms in total. The summed E-state index contributed by atoms with van der Waals surface area (Å²) in [7, 11) is 0. The number of hydrogen-bond acceptors (Lipinski definition) is 3. The molecule has 0 bridgehead atoms. The number of carbonyl (C=O) groups excluding carboxylic acids is 1. The van der Waals surface area contributed by atoms with Crippen LogP contribution in [-0.2, 0) is 0 Å².